The van der Waals surface area contributed by atoms with Crippen LogP contribution < -0.4 is 5.32 Å². The molecule has 0 aromatic heterocycles. The molecule has 0 aliphatic rings. The fraction of sp³-hybridized carbons (Fsp3) is 0.389. The van der Waals surface area contributed by atoms with Gasteiger partial charge < -0.3 is 24.6 Å². The van der Waals surface area contributed by atoms with Crippen molar-refractivity contribution in [2.75, 3.05) is 21.3 Å². The maximum Gasteiger partial charge on any atom is 0.337 e. The van der Waals surface area contributed by atoms with Crippen LogP contribution >= 0.6 is 0 Å². The number of amides is 1. The number of aliphatic carboxylic acids is 1. The number of carboxylic acids is 1. The van der Waals surface area contributed by atoms with E-state index in [4.69, 9.17) is 0 Å². The monoisotopic (exact) mass is 395 g/mol. The molecule has 2 N–H and O–H groups in total. The van der Waals surface area contributed by atoms with E-state index >= 15 is 0 Å². The summed E-state index contributed by atoms with van der Waals surface area (Å²) in [7, 11) is 3.26. The molecule has 0 aliphatic heterocycles. The lowest BCUT2D eigenvalue weighted by Crippen LogP contribution is -2.50. The third-order valence-electron chi connectivity index (χ3n) is 4.06. The van der Waals surface area contributed by atoms with E-state index in [1.54, 1.807) is 0 Å². The molecular formula is C18H21NO9. The zero-order valence-corrected chi connectivity index (χ0v) is 15.8. The Balaban J connectivity index is 3.14. The predicted molar refractivity (Wildman–Crippen MR) is 93.4 cm³/mol. The summed E-state index contributed by atoms with van der Waals surface area (Å²) in [6.07, 6.45) is 0. The van der Waals surface area contributed by atoms with Crippen LogP contribution in [0.4, 0.5) is 0 Å². The van der Waals surface area contributed by atoms with Crippen molar-refractivity contribution in [3.8, 4) is 0 Å². The molecule has 1 aromatic carbocycles. The number of ether oxygens (including phenoxy) is 3. The van der Waals surface area contributed by atoms with E-state index in [1.807, 2.05) is 0 Å². The lowest BCUT2D eigenvalue weighted by molar-refractivity contribution is -0.162. The third kappa shape index (κ3) is 5.29. The first-order valence-corrected chi connectivity index (χ1v) is 8.05. The van der Waals surface area contributed by atoms with Crippen LogP contribution in [0.5, 0.6) is 0 Å². The Kier molecular flexibility index (Phi) is 8.11. The van der Waals surface area contributed by atoms with Crippen LogP contribution in [0.25, 0.3) is 0 Å². The number of methoxy groups -OCH3 is 3. The summed E-state index contributed by atoms with van der Waals surface area (Å²) in [6, 6.07) is 3.82. The minimum Gasteiger partial charge on any atom is -0.480 e. The van der Waals surface area contributed by atoms with Gasteiger partial charge in [-0.15, -0.1) is 0 Å². The van der Waals surface area contributed by atoms with Gasteiger partial charge in [-0.2, -0.15) is 0 Å². The summed E-state index contributed by atoms with van der Waals surface area (Å²) in [4.78, 5) is 59.5. The van der Waals surface area contributed by atoms with Crippen LogP contribution in [0.2, 0.25) is 0 Å². The van der Waals surface area contributed by atoms with Crippen molar-refractivity contribution in [3.63, 3.8) is 0 Å². The second kappa shape index (κ2) is 10.0. The number of hydrogen-bond donors (Lipinski definition) is 2. The minimum absolute atomic E-state index is 0.00552. The van der Waals surface area contributed by atoms with Crippen LogP contribution in [0, 0.1) is 11.8 Å². The highest BCUT2D eigenvalue weighted by atomic mass is 16.5. The molecule has 0 bridgehead atoms. The minimum atomic E-state index is -1.61. The van der Waals surface area contributed by atoms with E-state index in [0.717, 1.165) is 14.2 Å². The van der Waals surface area contributed by atoms with Gasteiger partial charge in [-0.1, -0.05) is 13.0 Å². The van der Waals surface area contributed by atoms with Gasteiger partial charge >= 0.3 is 23.9 Å². The van der Waals surface area contributed by atoms with Crippen LogP contribution in [0.1, 0.15) is 27.6 Å². The number of carbonyl (C=O) groups is 5. The van der Waals surface area contributed by atoms with Crippen LogP contribution in [-0.4, -0.2) is 62.3 Å². The first-order valence-electron chi connectivity index (χ1n) is 8.05. The second-order valence-corrected chi connectivity index (χ2v) is 5.74. The van der Waals surface area contributed by atoms with Gasteiger partial charge in [-0.3, -0.25) is 14.4 Å². The molecule has 0 saturated carbocycles. The molecule has 0 spiro atoms. The van der Waals surface area contributed by atoms with Gasteiger partial charge in [-0.05, 0) is 18.2 Å². The number of carboxylic acid groups (broad SMARTS) is 1. The topological polar surface area (TPSA) is 145 Å². The molecular weight excluding hydrogens is 374 g/mol. The highest BCUT2D eigenvalue weighted by molar-refractivity contribution is 6.00. The highest BCUT2D eigenvalue weighted by Gasteiger charge is 2.42. The lowest BCUT2D eigenvalue weighted by Gasteiger charge is -2.26. The first-order chi connectivity index (χ1) is 13.2. The molecule has 0 heterocycles. The predicted octanol–water partition coefficient (Wildman–Crippen LogP) is 0.255. The number of benzene rings is 1. The van der Waals surface area contributed by atoms with Crippen molar-refractivity contribution in [1.82, 2.24) is 5.32 Å². The quantitative estimate of drug-likeness (QED) is 0.359. The summed E-state index contributed by atoms with van der Waals surface area (Å²) in [5, 5.41) is 11.7. The molecule has 2 atom stereocenters. The fourth-order valence-electron chi connectivity index (χ4n) is 2.52. The van der Waals surface area contributed by atoms with Crippen molar-refractivity contribution in [3.05, 3.63) is 35.4 Å². The average molecular weight is 395 g/mol. The summed E-state index contributed by atoms with van der Waals surface area (Å²) >= 11 is 0. The van der Waals surface area contributed by atoms with Crippen molar-refractivity contribution in [1.29, 1.82) is 0 Å². The summed E-state index contributed by atoms with van der Waals surface area (Å²) in [5.74, 6) is -7.70. The Morgan fingerprint density at radius 1 is 0.929 bits per heavy atom. The number of carbonyl (C=O) groups excluding carboxylic acids is 4. The van der Waals surface area contributed by atoms with Gasteiger partial charge in [0.05, 0.1) is 26.9 Å². The summed E-state index contributed by atoms with van der Waals surface area (Å²) in [5.41, 5.74) is 0.0890. The van der Waals surface area contributed by atoms with Gasteiger partial charge in [0.25, 0.3) is 5.91 Å². The molecule has 0 radical (unpaired) electrons. The van der Waals surface area contributed by atoms with Gasteiger partial charge in [0, 0.05) is 11.5 Å². The van der Waals surface area contributed by atoms with E-state index in [1.165, 1.54) is 38.3 Å². The van der Waals surface area contributed by atoms with Crippen molar-refractivity contribution in [2.45, 2.75) is 13.0 Å². The second-order valence-electron chi connectivity index (χ2n) is 5.74. The smallest absolute Gasteiger partial charge is 0.337 e. The van der Waals surface area contributed by atoms with Crippen LogP contribution in [0.3, 0.4) is 0 Å². The number of nitrogens with one attached hydrogen (secondary N) is 1. The maximum atomic E-state index is 12.5. The largest absolute Gasteiger partial charge is 0.480 e. The van der Waals surface area contributed by atoms with E-state index in [-0.39, 0.29) is 11.1 Å². The standard InChI is InChI=1S/C18H21NO9/c1-9(12(17(24)27-3)18(25)28-4)13(15(21)22)19-14(20)10-6-5-7-11(8-10)16(23)26-2/h5-9,12-13H,1-4H3,(H,19,20)(H,21,22)/t9-,13+/m0/s1. The van der Waals surface area contributed by atoms with Gasteiger partial charge in [-0.25, -0.2) is 9.59 Å². The summed E-state index contributed by atoms with van der Waals surface area (Å²) in [6.45, 7) is 1.29. The Morgan fingerprint density at radius 2 is 1.46 bits per heavy atom. The van der Waals surface area contributed by atoms with E-state index in [0.29, 0.717) is 0 Å². The zero-order chi connectivity index (χ0) is 21.4. The Hall–Kier alpha value is -3.43. The molecule has 0 saturated heterocycles. The third-order valence-corrected chi connectivity index (χ3v) is 4.06. The van der Waals surface area contributed by atoms with E-state index in [9.17, 15) is 29.1 Å². The Bertz CT molecular complexity index is 758. The van der Waals surface area contributed by atoms with E-state index in [2.05, 4.69) is 19.5 Å². The average Bonchev–Trinajstić information content (AvgIpc) is 2.70. The van der Waals surface area contributed by atoms with Crippen LogP contribution in [0.15, 0.2) is 24.3 Å². The van der Waals surface area contributed by atoms with Crippen molar-refractivity contribution >= 4 is 29.8 Å². The lowest BCUT2D eigenvalue weighted by atomic mass is 9.87. The molecule has 28 heavy (non-hydrogen) atoms. The maximum absolute atomic E-state index is 12.5. The Morgan fingerprint density at radius 3 is 1.93 bits per heavy atom. The molecule has 1 rings (SSSR count). The van der Waals surface area contributed by atoms with E-state index < -0.39 is 47.7 Å². The normalized spacial score (nSPS) is 12.5. The van der Waals surface area contributed by atoms with Crippen molar-refractivity contribution < 1.29 is 43.3 Å². The molecule has 0 unspecified atom stereocenters. The summed E-state index contributed by atoms with van der Waals surface area (Å²) < 4.78 is 13.6. The van der Waals surface area contributed by atoms with Crippen molar-refractivity contribution in [2.24, 2.45) is 11.8 Å². The molecule has 10 heteroatoms. The van der Waals surface area contributed by atoms with Gasteiger partial charge in [0.2, 0.25) is 0 Å². The molecule has 1 amide bonds. The molecule has 0 aliphatic carbocycles. The molecule has 10 nitrogen and oxygen atoms in total. The Labute approximate surface area is 160 Å². The van der Waals surface area contributed by atoms with Gasteiger partial charge in [0.1, 0.15) is 6.04 Å². The first kappa shape index (κ1) is 22.6. The fourth-order valence-corrected chi connectivity index (χ4v) is 2.52. The zero-order valence-electron chi connectivity index (χ0n) is 15.8. The van der Waals surface area contributed by atoms with Crippen LogP contribution in [-0.2, 0) is 28.6 Å². The highest BCUT2D eigenvalue weighted by Crippen LogP contribution is 2.20. The van der Waals surface area contributed by atoms with Gasteiger partial charge in [0.15, 0.2) is 5.92 Å². The number of rotatable bonds is 8. The number of hydrogen-bond acceptors (Lipinski definition) is 8. The SMILES string of the molecule is COC(=O)c1cccc(C(=O)N[C@@H](C(=O)O)[C@@H](C)C(C(=O)OC)C(=O)OC)c1. The molecule has 152 valence electrons. The molecule has 1 aromatic rings. The molecule has 0 fully saturated rings. The number of esters is 3.